The van der Waals surface area contributed by atoms with Crippen LogP contribution in [0.5, 0.6) is 0 Å². The third-order valence-electron chi connectivity index (χ3n) is 5.36. The summed E-state index contributed by atoms with van der Waals surface area (Å²) >= 11 is 3.51. The number of carbonyl (C=O) groups is 1. The van der Waals surface area contributed by atoms with Gasteiger partial charge in [-0.1, -0.05) is 46.3 Å². The van der Waals surface area contributed by atoms with Crippen LogP contribution in [0.1, 0.15) is 45.4 Å². The summed E-state index contributed by atoms with van der Waals surface area (Å²) in [6.45, 7) is 2.09. The number of methoxy groups -OCH3 is 1. The highest BCUT2D eigenvalue weighted by molar-refractivity contribution is 9.10. The molecule has 1 N–H and O–H groups in total. The van der Waals surface area contributed by atoms with E-state index in [2.05, 4.69) is 64.6 Å². The normalized spacial score (nSPS) is 23.6. The minimum Gasteiger partial charge on any atom is -0.465 e. The SMILES string of the molecule is COC(=O)c1ccc(C)c2c1[C@@H]1C=CC[C@@H]1[C@H](c1ccc(Br)cc1)N2. The Labute approximate surface area is 156 Å². The van der Waals surface area contributed by atoms with E-state index in [1.54, 1.807) is 0 Å². The first-order chi connectivity index (χ1) is 12.1. The van der Waals surface area contributed by atoms with Gasteiger partial charge < -0.3 is 10.1 Å². The van der Waals surface area contributed by atoms with Crippen LogP contribution in [0.3, 0.4) is 0 Å². The first-order valence-corrected chi connectivity index (χ1v) is 9.30. The number of carbonyl (C=O) groups excluding carboxylic acids is 1. The van der Waals surface area contributed by atoms with Gasteiger partial charge in [0.05, 0.1) is 18.7 Å². The van der Waals surface area contributed by atoms with Gasteiger partial charge in [-0.25, -0.2) is 4.79 Å². The monoisotopic (exact) mass is 397 g/mol. The van der Waals surface area contributed by atoms with Crippen molar-refractivity contribution in [1.29, 1.82) is 0 Å². The lowest BCUT2D eigenvalue weighted by Crippen LogP contribution is -2.31. The molecule has 2 aromatic carbocycles. The highest BCUT2D eigenvalue weighted by Gasteiger charge is 2.40. The van der Waals surface area contributed by atoms with E-state index >= 15 is 0 Å². The Bertz CT molecular complexity index is 857. The minimum atomic E-state index is -0.265. The number of ether oxygens (including phenoxy) is 1. The molecule has 128 valence electrons. The van der Waals surface area contributed by atoms with Gasteiger partial charge in [-0.2, -0.15) is 0 Å². The average Bonchev–Trinajstić information content (AvgIpc) is 3.11. The summed E-state index contributed by atoms with van der Waals surface area (Å²) in [4.78, 5) is 12.3. The third kappa shape index (κ3) is 2.69. The number of anilines is 1. The van der Waals surface area contributed by atoms with Crippen molar-refractivity contribution in [1.82, 2.24) is 0 Å². The highest BCUT2D eigenvalue weighted by atomic mass is 79.9. The number of rotatable bonds is 2. The van der Waals surface area contributed by atoms with E-state index in [1.807, 2.05) is 12.1 Å². The van der Waals surface area contributed by atoms with Crippen LogP contribution in [-0.2, 0) is 4.74 Å². The van der Waals surface area contributed by atoms with Crippen LogP contribution in [-0.4, -0.2) is 13.1 Å². The molecule has 4 rings (SSSR count). The summed E-state index contributed by atoms with van der Waals surface area (Å²) in [6.07, 6.45) is 5.50. The first-order valence-electron chi connectivity index (χ1n) is 8.50. The van der Waals surface area contributed by atoms with Gasteiger partial charge in [-0.3, -0.25) is 0 Å². The quantitative estimate of drug-likeness (QED) is 0.546. The molecule has 25 heavy (non-hydrogen) atoms. The zero-order valence-corrected chi connectivity index (χ0v) is 15.8. The topological polar surface area (TPSA) is 38.3 Å². The van der Waals surface area contributed by atoms with Crippen molar-refractivity contribution >= 4 is 27.6 Å². The molecular formula is C21H20BrNO2. The average molecular weight is 398 g/mol. The number of halogens is 1. The van der Waals surface area contributed by atoms with Gasteiger partial charge in [0.15, 0.2) is 0 Å². The second kappa shape index (κ2) is 6.34. The Morgan fingerprint density at radius 2 is 1.96 bits per heavy atom. The minimum absolute atomic E-state index is 0.229. The molecule has 0 saturated carbocycles. The Morgan fingerprint density at radius 3 is 2.68 bits per heavy atom. The molecule has 0 bridgehead atoms. The van der Waals surface area contributed by atoms with E-state index in [-0.39, 0.29) is 17.9 Å². The number of aryl methyl sites for hydroxylation is 1. The van der Waals surface area contributed by atoms with Crippen molar-refractivity contribution in [2.45, 2.75) is 25.3 Å². The maximum Gasteiger partial charge on any atom is 0.338 e. The van der Waals surface area contributed by atoms with Crippen molar-refractivity contribution in [3.05, 3.63) is 75.3 Å². The molecule has 0 spiro atoms. The maximum atomic E-state index is 12.3. The molecule has 1 heterocycles. The van der Waals surface area contributed by atoms with Crippen LogP contribution >= 0.6 is 15.9 Å². The lowest BCUT2D eigenvalue weighted by molar-refractivity contribution is 0.0598. The first kappa shape index (κ1) is 16.4. The molecule has 2 aliphatic rings. The van der Waals surface area contributed by atoms with Crippen LogP contribution in [0.2, 0.25) is 0 Å². The predicted molar refractivity (Wildman–Crippen MR) is 103 cm³/mol. The summed E-state index contributed by atoms with van der Waals surface area (Å²) in [5, 5.41) is 3.73. The van der Waals surface area contributed by atoms with Crippen molar-refractivity contribution in [3.63, 3.8) is 0 Å². The van der Waals surface area contributed by atoms with Crippen LogP contribution in [0.25, 0.3) is 0 Å². The lowest BCUT2D eigenvalue weighted by Gasteiger charge is -2.39. The van der Waals surface area contributed by atoms with Crippen molar-refractivity contribution in [2.75, 3.05) is 12.4 Å². The third-order valence-corrected chi connectivity index (χ3v) is 5.89. The van der Waals surface area contributed by atoms with E-state index in [4.69, 9.17) is 4.74 Å². The van der Waals surface area contributed by atoms with Gasteiger partial charge >= 0.3 is 5.97 Å². The fourth-order valence-electron chi connectivity index (χ4n) is 4.14. The molecule has 0 amide bonds. The Kier molecular flexibility index (Phi) is 4.16. The fraction of sp³-hybridized carbons (Fsp3) is 0.286. The molecule has 0 unspecified atom stereocenters. The van der Waals surface area contributed by atoms with Gasteiger partial charge in [-0.05, 0) is 54.2 Å². The van der Waals surface area contributed by atoms with Crippen molar-refractivity contribution < 1.29 is 9.53 Å². The Morgan fingerprint density at radius 1 is 1.20 bits per heavy atom. The lowest BCUT2D eigenvalue weighted by atomic mass is 9.75. The second-order valence-corrected chi connectivity index (χ2v) is 7.65. The molecule has 0 aromatic heterocycles. The Balaban J connectivity index is 1.85. The summed E-state index contributed by atoms with van der Waals surface area (Å²) < 4.78 is 6.10. The van der Waals surface area contributed by atoms with Gasteiger partial charge in [0.2, 0.25) is 0 Å². The van der Waals surface area contributed by atoms with Gasteiger partial charge in [0, 0.05) is 16.1 Å². The van der Waals surface area contributed by atoms with Crippen molar-refractivity contribution in [2.24, 2.45) is 5.92 Å². The molecule has 2 aromatic rings. The summed E-state index contributed by atoms with van der Waals surface area (Å²) in [6, 6.07) is 12.6. The van der Waals surface area contributed by atoms with Crippen LogP contribution < -0.4 is 5.32 Å². The van der Waals surface area contributed by atoms with Gasteiger partial charge in [-0.15, -0.1) is 0 Å². The van der Waals surface area contributed by atoms with E-state index in [0.717, 1.165) is 27.7 Å². The maximum absolute atomic E-state index is 12.3. The number of benzene rings is 2. The largest absolute Gasteiger partial charge is 0.465 e. The highest BCUT2D eigenvalue weighted by Crippen LogP contribution is 2.51. The molecule has 1 aliphatic carbocycles. The second-order valence-electron chi connectivity index (χ2n) is 6.74. The van der Waals surface area contributed by atoms with E-state index in [1.165, 1.54) is 12.7 Å². The number of hydrogen-bond donors (Lipinski definition) is 1. The van der Waals surface area contributed by atoms with E-state index in [0.29, 0.717) is 11.5 Å². The predicted octanol–water partition coefficient (Wildman–Crippen LogP) is 5.37. The molecule has 3 atom stereocenters. The molecule has 4 heteroatoms. The smallest absolute Gasteiger partial charge is 0.338 e. The van der Waals surface area contributed by atoms with Crippen LogP contribution in [0, 0.1) is 12.8 Å². The van der Waals surface area contributed by atoms with Crippen LogP contribution in [0.4, 0.5) is 5.69 Å². The molecule has 0 fully saturated rings. The summed E-state index contributed by atoms with van der Waals surface area (Å²) in [7, 11) is 1.44. The zero-order valence-electron chi connectivity index (χ0n) is 14.3. The summed E-state index contributed by atoms with van der Waals surface area (Å²) in [5.74, 6) is 0.372. The fourth-order valence-corrected chi connectivity index (χ4v) is 4.41. The van der Waals surface area contributed by atoms with E-state index in [9.17, 15) is 4.79 Å². The molecular weight excluding hydrogens is 378 g/mol. The van der Waals surface area contributed by atoms with Gasteiger partial charge in [0.1, 0.15) is 0 Å². The summed E-state index contributed by atoms with van der Waals surface area (Å²) in [5.41, 5.74) is 5.26. The number of allylic oxidation sites excluding steroid dienone is 2. The van der Waals surface area contributed by atoms with Crippen LogP contribution in [0.15, 0.2) is 53.0 Å². The van der Waals surface area contributed by atoms with Gasteiger partial charge in [0.25, 0.3) is 0 Å². The molecule has 0 saturated heterocycles. The molecule has 0 radical (unpaired) electrons. The Hall–Kier alpha value is -2.07. The molecule has 3 nitrogen and oxygen atoms in total. The number of esters is 1. The molecule has 1 aliphatic heterocycles. The van der Waals surface area contributed by atoms with E-state index < -0.39 is 0 Å². The standard InChI is InChI=1S/C21H20BrNO2/c1-12-6-11-17(21(24)25-2)18-15-4-3-5-16(15)20(23-19(12)18)13-7-9-14(22)10-8-13/h3-4,6-11,15-16,20,23H,5H2,1-2H3/t15-,16+,20+/m1/s1. The zero-order chi connectivity index (χ0) is 17.6. The number of nitrogens with one attached hydrogen (secondary N) is 1. The number of fused-ring (bicyclic) bond motifs is 3. The van der Waals surface area contributed by atoms with Crippen molar-refractivity contribution in [3.8, 4) is 0 Å². The number of hydrogen-bond acceptors (Lipinski definition) is 3.